The van der Waals surface area contributed by atoms with Crippen LogP contribution >= 0.6 is 0 Å². The molecule has 0 N–H and O–H groups in total. The topological polar surface area (TPSA) is 8.24 Å². The van der Waals surface area contributed by atoms with Crippen molar-refractivity contribution in [1.82, 2.24) is 0 Å². The lowest BCUT2D eigenvalue weighted by atomic mass is 9.91. The van der Waals surface area contributed by atoms with Crippen molar-refractivity contribution in [3.05, 3.63) is 70.7 Å². The number of hydrogen-bond donors (Lipinski definition) is 0. The molecule has 3 rings (SSSR count). The third kappa shape index (κ3) is 2.67. The van der Waals surface area contributed by atoms with Gasteiger partial charge in [-0.1, -0.05) is 32.0 Å². The van der Waals surface area contributed by atoms with E-state index in [0.29, 0.717) is 11.6 Å². The molecule has 3 aromatic rings. The predicted octanol–water partition coefficient (Wildman–Crippen LogP) is 5.62. The smallest absolute Gasteiger partial charge is 0.220 e. The molecule has 0 radical (unpaired) electrons. The van der Waals surface area contributed by atoms with Gasteiger partial charge in [-0.15, -0.1) is 0 Å². The van der Waals surface area contributed by atoms with Crippen molar-refractivity contribution < 1.29 is 4.57 Å². The van der Waals surface area contributed by atoms with Gasteiger partial charge in [-0.05, 0) is 54.0 Å². The van der Waals surface area contributed by atoms with Gasteiger partial charge < -0.3 is 0 Å². The van der Waals surface area contributed by atoms with Gasteiger partial charge in [-0.2, -0.15) is 0 Å². The minimum absolute atomic E-state index is 0.497. The summed E-state index contributed by atoms with van der Waals surface area (Å²) in [5.41, 5.74) is 7.19. The Morgan fingerprint density at radius 3 is 2.46 bits per heavy atom. The second-order valence-corrected chi connectivity index (χ2v) is 6.82. The number of fused-ring (bicyclic) bond motifs is 1. The minimum atomic E-state index is 0.497. The first kappa shape index (κ1) is 16.2. The number of benzene rings is 2. The van der Waals surface area contributed by atoms with Crippen molar-refractivity contribution in [2.45, 2.75) is 33.6 Å². The number of rotatable bonds is 2. The predicted molar refractivity (Wildman–Crippen MR) is 100 cm³/mol. The van der Waals surface area contributed by atoms with Crippen LogP contribution in [-0.4, -0.2) is 0 Å². The highest BCUT2D eigenvalue weighted by molar-refractivity contribution is 5.95. The zero-order valence-corrected chi connectivity index (χ0v) is 15.0. The fraction of sp³-hybridized carbons (Fsp3) is 0.273. The SMILES string of the molecule is [C-]#[N+]c1ccc2c(-c3cc(C(C)C)cc(C)c3C)[n+](C)ccc2c1. The monoisotopic (exact) mass is 315 g/mol. The average molecular weight is 315 g/mol. The molecule has 0 bridgehead atoms. The lowest BCUT2D eigenvalue weighted by molar-refractivity contribution is -0.659. The normalized spacial score (nSPS) is 11.0. The van der Waals surface area contributed by atoms with Crippen LogP contribution in [0.25, 0.3) is 26.9 Å². The van der Waals surface area contributed by atoms with E-state index in [4.69, 9.17) is 6.57 Å². The van der Waals surface area contributed by atoms with E-state index in [1.54, 1.807) is 0 Å². The Morgan fingerprint density at radius 1 is 1.04 bits per heavy atom. The van der Waals surface area contributed by atoms with Gasteiger partial charge in [0.15, 0.2) is 11.9 Å². The molecule has 2 aromatic carbocycles. The van der Waals surface area contributed by atoms with E-state index in [-0.39, 0.29) is 0 Å². The number of nitrogens with zero attached hydrogens (tertiary/aromatic N) is 2. The van der Waals surface area contributed by atoms with E-state index in [1.807, 2.05) is 12.1 Å². The van der Waals surface area contributed by atoms with Crippen LogP contribution in [0.5, 0.6) is 0 Å². The Kier molecular flexibility index (Phi) is 4.11. The van der Waals surface area contributed by atoms with E-state index in [1.165, 1.54) is 33.3 Å². The molecule has 0 unspecified atom stereocenters. The van der Waals surface area contributed by atoms with Crippen molar-refractivity contribution >= 4 is 16.5 Å². The van der Waals surface area contributed by atoms with Crippen LogP contribution in [0.3, 0.4) is 0 Å². The molecule has 0 saturated carbocycles. The molecular formula is C22H23N2+. The first-order valence-electron chi connectivity index (χ1n) is 8.33. The van der Waals surface area contributed by atoms with Gasteiger partial charge in [0.25, 0.3) is 0 Å². The number of hydrogen-bond acceptors (Lipinski definition) is 0. The number of pyridine rings is 1. The minimum Gasteiger partial charge on any atom is -0.238 e. The first-order chi connectivity index (χ1) is 11.4. The summed E-state index contributed by atoms with van der Waals surface area (Å²) >= 11 is 0. The zero-order chi connectivity index (χ0) is 17.4. The van der Waals surface area contributed by atoms with Gasteiger partial charge in [0.1, 0.15) is 7.05 Å². The van der Waals surface area contributed by atoms with E-state index in [2.05, 4.69) is 74.6 Å². The molecule has 0 atom stereocenters. The Labute approximate surface area is 144 Å². The summed E-state index contributed by atoms with van der Waals surface area (Å²) < 4.78 is 2.19. The molecule has 0 aliphatic heterocycles. The summed E-state index contributed by atoms with van der Waals surface area (Å²) in [4.78, 5) is 3.56. The highest BCUT2D eigenvalue weighted by Gasteiger charge is 2.19. The first-order valence-corrected chi connectivity index (χ1v) is 8.33. The van der Waals surface area contributed by atoms with Crippen molar-refractivity contribution in [1.29, 1.82) is 0 Å². The van der Waals surface area contributed by atoms with Crippen LogP contribution in [0.2, 0.25) is 0 Å². The summed E-state index contributed by atoms with van der Waals surface area (Å²) in [7, 11) is 2.09. The summed E-state index contributed by atoms with van der Waals surface area (Å²) in [5, 5.41) is 2.31. The summed E-state index contributed by atoms with van der Waals surface area (Å²) in [6.07, 6.45) is 2.09. The molecule has 1 heterocycles. The average Bonchev–Trinajstić information content (AvgIpc) is 2.57. The molecule has 120 valence electrons. The molecule has 0 saturated heterocycles. The largest absolute Gasteiger partial charge is 0.238 e. The van der Waals surface area contributed by atoms with Gasteiger partial charge >= 0.3 is 0 Å². The molecule has 0 aliphatic rings. The maximum Gasteiger partial charge on any atom is 0.220 e. The van der Waals surface area contributed by atoms with Gasteiger partial charge in [0.2, 0.25) is 5.69 Å². The highest BCUT2D eigenvalue weighted by Crippen LogP contribution is 2.33. The fourth-order valence-electron chi connectivity index (χ4n) is 3.23. The maximum atomic E-state index is 7.24. The van der Waals surface area contributed by atoms with E-state index in [9.17, 15) is 0 Å². The molecule has 1 aromatic heterocycles. The molecule has 2 heteroatoms. The lowest BCUT2D eigenvalue weighted by Crippen LogP contribution is -2.30. The molecule has 0 fully saturated rings. The van der Waals surface area contributed by atoms with Crippen molar-refractivity contribution in [3.8, 4) is 11.3 Å². The quantitative estimate of drug-likeness (QED) is 0.428. The van der Waals surface area contributed by atoms with E-state index in [0.717, 1.165) is 5.39 Å². The van der Waals surface area contributed by atoms with Crippen molar-refractivity contribution in [2.75, 3.05) is 0 Å². The Hall–Kier alpha value is -2.66. The van der Waals surface area contributed by atoms with Crippen molar-refractivity contribution in [2.24, 2.45) is 7.05 Å². The Bertz CT molecular complexity index is 975. The standard InChI is InChI=1S/C22H23N2/c1-14(2)18-11-15(3)16(4)21(13-18)22-20-8-7-19(23-5)12-17(20)9-10-24(22)6/h7-14H,1-4,6H3/q+1. The maximum absolute atomic E-state index is 7.24. The third-order valence-corrected chi connectivity index (χ3v) is 4.86. The molecule has 24 heavy (non-hydrogen) atoms. The van der Waals surface area contributed by atoms with Gasteiger partial charge in [-0.3, -0.25) is 0 Å². The van der Waals surface area contributed by atoms with Crippen LogP contribution < -0.4 is 4.57 Å². The highest BCUT2D eigenvalue weighted by atomic mass is 14.9. The Balaban J connectivity index is 2.38. The summed E-state index contributed by atoms with van der Waals surface area (Å²) in [6.45, 7) is 16.1. The third-order valence-electron chi connectivity index (χ3n) is 4.86. The van der Waals surface area contributed by atoms with Crippen LogP contribution in [-0.2, 0) is 7.05 Å². The molecule has 0 aliphatic carbocycles. The van der Waals surface area contributed by atoms with Crippen LogP contribution in [0, 0.1) is 20.4 Å². The number of aryl methyl sites for hydroxylation is 2. The van der Waals surface area contributed by atoms with Gasteiger partial charge in [-0.25, -0.2) is 9.41 Å². The lowest BCUT2D eigenvalue weighted by Gasteiger charge is -2.14. The van der Waals surface area contributed by atoms with Crippen LogP contribution in [0.4, 0.5) is 5.69 Å². The van der Waals surface area contributed by atoms with Crippen molar-refractivity contribution in [3.63, 3.8) is 0 Å². The van der Waals surface area contributed by atoms with Gasteiger partial charge in [0, 0.05) is 6.07 Å². The fourth-order valence-corrected chi connectivity index (χ4v) is 3.23. The van der Waals surface area contributed by atoms with E-state index < -0.39 is 0 Å². The summed E-state index contributed by atoms with van der Waals surface area (Å²) in [5.74, 6) is 0.497. The van der Waals surface area contributed by atoms with E-state index >= 15 is 0 Å². The second kappa shape index (κ2) is 6.09. The molecule has 0 amide bonds. The zero-order valence-electron chi connectivity index (χ0n) is 15.0. The van der Waals surface area contributed by atoms with Crippen LogP contribution in [0.1, 0.15) is 36.5 Å². The molecule has 2 nitrogen and oxygen atoms in total. The summed E-state index contributed by atoms with van der Waals surface area (Å²) in [6, 6.07) is 12.7. The Morgan fingerprint density at radius 2 is 1.79 bits per heavy atom. The number of aromatic nitrogens is 1. The molecule has 0 spiro atoms. The van der Waals surface area contributed by atoms with Crippen LogP contribution in [0.15, 0.2) is 42.6 Å². The molecular weight excluding hydrogens is 292 g/mol. The van der Waals surface area contributed by atoms with Gasteiger partial charge in [0.05, 0.1) is 17.5 Å². The second-order valence-electron chi connectivity index (χ2n) is 6.82.